The molecule has 1 aliphatic rings. The molecule has 0 saturated carbocycles. The predicted octanol–water partition coefficient (Wildman–Crippen LogP) is 2.42. The monoisotopic (exact) mass is 387 g/mol. The zero-order valence-electron chi connectivity index (χ0n) is 15.7. The normalized spacial score (nSPS) is 16.2. The highest BCUT2D eigenvalue weighted by molar-refractivity contribution is 7.89. The number of aromatic nitrogens is 1. The Bertz CT molecular complexity index is 905. The van der Waals surface area contributed by atoms with Gasteiger partial charge in [0.25, 0.3) is 0 Å². The summed E-state index contributed by atoms with van der Waals surface area (Å²) in [7, 11) is -3.51. The van der Waals surface area contributed by atoms with Crippen molar-refractivity contribution in [2.75, 3.05) is 13.1 Å². The fraction of sp³-hybridized carbons (Fsp3) is 0.400. The van der Waals surface area contributed by atoms with Crippen LogP contribution in [0.3, 0.4) is 0 Å². The molecule has 3 rings (SSSR count). The maximum Gasteiger partial charge on any atom is 0.243 e. The van der Waals surface area contributed by atoms with Crippen LogP contribution in [0.4, 0.5) is 0 Å². The number of aryl methyl sites for hydroxylation is 2. The number of hydrogen-bond donors (Lipinski definition) is 1. The van der Waals surface area contributed by atoms with E-state index in [2.05, 4.69) is 10.3 Å². The van der Waals surface area contributed by atoms with Crippen LogP contribution in [0.1, 0.15) is 29.5 Å². The van der Waals surface area contributed by atoms with Crippen LogP contribution in [-0.4, -0.2) is 36.7 Å². The molecule has 0 aliphatic carbocycles. The van der Waals surface area contributed by atoms with Gasteiger partial charge in [-0.25, -0.2) is 8.42 Å². The Kier molecular flexibility index (Phi) is 5.92. The molecule has 1 aromatic heterocycles. The Morgan fingerprint density at radius 2 is 1.78 bits per heavy atom. The number of benzene rings is 1. The van der Waals surface area contributed by atoms with Crippen LogP contribution in [0.2, 0.25) is 0 Å². The molecule has 0 bridgehead atoms. The minimum atomic E-state index is -3.51. The lowest BCUT2D eigenvalue weighted by molar-refractivity contribution is -0.126. The van der Waals surface area contributed by atoms with Crippen LogP contribution in [-0.2, 0) is 21.4 Å². The lowest BCUT2D eigenvalue weighted by Crippen LogP contribution is -2.42. The molecule has 1 aliphatic heterocycles. The third-order valence-electron chi connectivity index (χ3n) is 5.16. The second-order valence-corrected chi connectivity index (χ2v) is 8.94. The number of nitrogens with one attached hydrogen (secondary N) is 1. The van der Waals surface area contributed by atoms with Gasteiger partial charge < -0.3 is 5.32 Å². The van der Waals surface area contributed by atoms with Gasteiger partial charge in [0.1, 0.15) is 0 Å². The highest BCUT2D eigenvalue weighted by atomic mass is 32.2. The highest BCUT2D eigenvalue weighted by Crippen LogP contribution is 2.25. The molecule has 2 aromatic rings. The standard InChI is InChI=1S/C20H25N3O3S/c1-15-3-4-19(13-16(15)2)27(25,26)23-11-7-18(8-12-23)20(24)22-14-17-5-9-21-10-6-17/h3-6,9-10,13,18H,7-8,11-12,14H2,1-2H3,(H,22,24). The summed E-state index contributed by atoms with van der Waals surface area (Å²) in [5.41, 5.74) is 3.02. The van der Waals surface area contributed by atoms with Gasteiger partial charge in [0, 0.05) is 37.9 Å². The van der Waals surface area contributed by atoms with Crippen molar-refractivity contribution in [2.24, 2.45) is 5.92 Å². The molecular formula is C20H25N3O3S. The number of hydrogen-bond acceptors (Lipinski definition) is 4. The zero-order valence-corrected chi connectivity index (χ0v) is 16.5. The van der Waals surface area contributed by atoms with E-state index >= 15 is 0 Å². The number of rotatable bonds is 5. The summed E-state index contributed by atoms with van der Waals surface area (Å²) in [6, 6.07) is 8.93. The van der Waals surface area contributed by atoms with E-state index in [-0.39, 0.29) is 11.8 Å². The van der Waals surface area contributed by atoms with Crippen LogP contribution in [0.25, 0.3) is 0 Å². The SMILES string of the molecule is Cc1ccc(S(=O)(=O)N2CCC(C(=O)NCc3ccncc3)CC2)cc1C. The first-order valence-corrected chi connectivity index (χ1v) is 10.6. The molecule has 0 atom stereocenters. The average Bonchev–Trinajstić information content (AvgIpc) is 2.69. The van der Waals surface area contributed by atoms with E-state index in [0.29, 0.717) is 37.4 Å². The van der Waals surface area contributed by atoms with Crippen LogP contribution in [0, 0.1) is 19.8 Å². The number of nitrogens with zero attached hydrogens (tertiary/aromatic N) is 2. The van der Waals surface area contributed by atoms with Crippen LogP contribution < -0.4 is 5.32 Å². The summed E-state index contributed by atoms with van der Waals surface area (Å²) in [6.45, 7) is 5.06. The Hall–Kier alpha value is -2.25. The van der Waals surface area contributed by atoms with E-state index in [9.17, 15) is 13.2 Å². The van der Waals surface area contributed by atoms with E-state index in [1.807, 2.05) is 32.0 Å². The van der Waals surface area contributed by atoms with E-state index in [4.69, 9.17) is 0 Å². The molecule has 2 heterocycles. The molecule has 6 nitrogen and oxygen atoms in total. The topological polar surface area (TPSA) is 79.4 Å². The van der Waals surface area contributed by atoms with Gasteiger partial charge in [-0.1, -0.05) is 6.07 Å². The Labute approximate surface area is 160 Å². The third-order valence-corrected chi connectivity index (χ3v) is 7.05. The summed E-state index contributed by atoms with van der Waals surface area (Å²) in [4.78, 5) is 16.7. The molecule has 1 fully saturated rings. The second kappa shape index (κ2) is 8.19. The first kappa shape index (κ1) is 19.5. The van der Waals surface area contributed by atoms with Crippen molar-refractivity contribution in [3.63, 3.8) is 0 Å². The van der Waals surface area contributed by atoms with Crippen molar-refractivity contribution in [1.82, 2.24) is 14.6 Å². The number of piperidine rings is 1. The van der Waals surface area contributed by atoms with Crippen molar-refractivity contribution in [2.45, 2.75) is 38.1 Å². The van der Waals surface area contributed by atoms with E-state index < -0.39 is 10.0 Å². The smallest absolute Gasteiger partial charge is 0.243 e. The molecule has 27 heavy (non-hydrogen) atoms. The summed E-state index contributed by atoms with van der Waals surface area (Å²) in [5, 5.41) is 2.93. The number of carbonyl (C=O) groups excluding carboxylic acids is 1. The second-order valence-electron chi connectivity index (χ2n) is 7.00. The van der Waals surface area contributed by atoms with Gasteiger partial charge >= 0.3 is 0 Å². The van der Waals surface area contributed by atoms with Crippen molar-refractivity contribution in [3.05, 3.63) is 59.4 Å². The summed E-state index contributed by atoms with van der Waals surface area (Å²) >= 11 is 0. The Balaban J connectivity index is 1.57. The molecule has 7 heteroatoms. The molecule has 0 unspecified atom stereocenters. The predicted molar refractivity (Wildman–Crippen MR) is 103 cm³/mol. The number of amides is 1. The average molecular weight is 388 g/mol. The van der Waals surface area contributed by atoms with E-state index in [1.54, 1.807) is 24.5 Å². The maximum absolute atomic E-state index is 12.9. The molecule has 0 radical (unpaired) electrons. The zero-order chi connectivity index (χ0) is 19.4. The summed E-state index contributed by atoms with van der Waals surface area (Å²) in [6.07, 6.45) is 4.45. The largest absolute Gasteiger partial charge is 0.352 e. The number of carbonyl (C=O) groups is 1. The maximum atomic E-state index is 12.9. The van der Waals surface area contributed by atoms with Crippen LogP contribution in [0.5, 0.6) is 0 Å². The molecule has 1 saturated heterocycles. The number of pyridine rings is 1. The highest BCUT2D eigenvalue weighted by Gasteiger charge is 2.32. The van der Waals surface area contributed by atoms with Gasteiger partial charge in [-0.15, -0.1) is 0 Å². The van der Waals surface area contributed by atoms with Gasteiger partial charge in [-0.2, -0.15) is 4.31 Å². The lowest BCUT2D eigenvalue weighted by Gasteiger charge is -2.30. The minimum absolute atomic E-state index is 0.0185. The Morgan fingerprint density at radius 3 is 2.41 bits per heavy atom. The van der Waals surface area contributed by atoms with Crippen LogP contribution in [0.15, 0.2) is 47.6 Å². The van der Waals surface area contributed by atoms with Crippen molar-refractivity contribution in [1.29, 1.82) is 0 Å². The molecule has 1 aromatic carbocycles. The van der Waals surface area contributed by atoms with Gasteiger partial charge in [0.05, 0.1) is 4.90 Å². The first-order valence-electron chi connectivity index (χ1n) is 9.12. The van der Waals surface area contributed by atoms with E-state index in [1.165, 1.54) is 4.31 Å². The van der Waals surface area contributed by atoms with Gasteiger partial charge in [-0.3, -0.25) is 9.78 Å². The van der Waals surface area contributed by atoms with E-state index in [0.717, 1.165) is 16.7 Å². The summed E-state index contributed by atoms with van der Waals surface area (Å²) < 4.78 is 27.2. The fourth-order valence-corrected chi connectivity index (χ4v) is 4.77. The minimum Gasteiger partial charge on any atom is -0.352 e. The van der Waals surface area contributed by atoms with Gasteiger partial charge in [0.2, 0.25) is 15.9 Å². The van der Waals surface area contributed by atoms with Crippen molar-refractivity contribution in [3.8, 4) is 0 Å². The molecule has 1 amide bonds. The van der Waals surface area contributed by atoms with Gasteiger partial charge in [-0.05, 0) is 67.6 Å². The quantitative estimate of drug-likeness (QED) is 0.854. The van der Waals surface area contributed by atoms with Gasteiger partial charge in [0.15, 0.2) is 0 Å². The first-order chi connectivity index (χ1) is 12.9. The third kappa shape index (κ3) is 4.54. The summed E-state index contributed by atoms with van der Waals surface area (Å²) in [5.74, 6) is -0.173. The fourth-order valence-electron chi connectivity index (χ4n) is 3.22. The van der Waals surface area contributed by atoms with Crippen LogP contribution >= 0.6 is 0 Å². The van der Waals surface area contributed by atoms with Crippen molar-refractivity contribution < 1.29 is 13.2 Å². The Morgan fingerprint density at radius 1 is 1.11 bits per heavy atom. The number of sulfonamides is 1. The molecule has 144 valence electrons. The lowest BCUT2D eigenvalue weighted by atomic mass is 9.97. The molecular weight excluding hydrogens is 362 g/mol. The molecule has 1 N–H and O–H groups in total. The molecule has 0 spiro atoms. The van der Waals surface area contributed by atoms with Crippen molar-refractivity contribution >= 4 is 15.9 Å².